The number of carbonyl (C=O) groups is 2. The first-order chi connectivity index (χ1) is 17.1. The molecule has 0 fully saturated rings. The molecule has 1 amide bonds. The SMILES string of the molecule is CC(=O)N1N=C(c2ccc(C)cc2)CC1c1ccc(C(=O)OC(C)Cn2c([N+](=O)[O-])cnc2C)cc1. The van der Waals surface area contributed by atoms with E-state index < -0.39 is 17.0 Å². The largest absolute Gasteiger partial charge is 0.455 e. The summed E-state index contributed by atoms with van der Waals surface area (Å²) in [5.74, 6) is -0.393. The van der Waals surface area contributed by atoms with Crippen molar-refractivity contribution in [2.24, 2.45) is 5.10 Å². The van der Waals surface area contributed by atoms with Gasteiger partial charge in [0.2, 0.25) is 5.91 Å². The fourth-order valence-electron chi connectivity index (χ4n) is 4.19. The lowest BCUT2D eigenvalue weighted by molar-refractivity contribution is -0.392. The molecule has 0 bridgehead atoms. The summed E-state index contributed by atoms with van der Waals surface area (Å²) in [7, 11) is 0. The summed E-state index contributed by atoms with van der Waals surface area (Å²) in [6.45, 7) is 6.93. The molecule has 0 saturated carbocycles. The molecule has 2 heterocycles. The predicted octanol–water partition coefficient (Wildman–Crippen LogP) is 4.35. The molecule has 2 atom stereocenters. The topological polar surface area (TPSA) is 120 Å². The van der Waals surface area contributed by atoms with E-state index in [1.807, 2.05) is 31.2 Å². The van der Waals surface area contributed by atoms with E-state index in [1.54, 1.807) is 38.1 Å². The van der Waals surface area contributed by atoms with Crippen LogP contribution in [0.5, 0.6) is 0 Å². The van der Waals surface area contributed by atoms with Gasteiger partial charge in [-0.15, -0.1) is 0 Å². The van der Waals surface area contributed by atoms with Gasteiger partial charge in [0.05, 0.1) is 17.3 Å². The minimum Gasteiger partial charge on any atom is -0.455 e. The van der Waals surface area contributed by atoms with E-state index in [4.69, 9.17) is 4.74 Å². The first-order valence-corrected chi connectivity index (χ1v) is 11.6. The summed E-state index contributed by atoms with van der Waals surface area (Å²) in [4.78, 5) is 39.6. The number of rotatable bonds is 7. The number of hydrazone groups is 1. The maximum atomic E-state index is 12.7. The van der Waals surface area contributed by atoms with Crippen LogP contribution in [0.3, 0.4) is 0 Å². The van der Waals surface area contributed by atoms with Gasteiger partial charge in [-0.3, -0.25) is 4.79 Å². The minimum atomic E-state index is -0.614. The van der Waals surface area contributed by atoms with Crippen LogP contribution in [0, 0.1) is 24.0 Å². The van der Waals surface area contributed by atoms with E-state index in [0.29, 0.717) is 17.8 Å². The molecule has 1 aliphatic heterocycles. The molecule has 0 N–H and O–H groups in total. The number of carbonyl (C=O) groups excluding carboxylic acids is 2. The van der Waals surface area contributed by atoms with Gasteiger partial charge in [-0.05, 0) is 42.0 Å². The van der Waals surface area contributed by atoms with Gasteiger partial charge in [0.1, 0.15) is 18.8 Å². The molecule has 186 valence electrons. The second-order valence-electron chi connectivity index (χ2n) is 8.87. The number of esters is 1. The maximum Gasteiger partial charge on any atom is 0.342 e. The van der Waals surface area contributed by atoms with E-state index in [1.165, 1.54) is 22.7 Å². The van der Waals surface area contributed by atoms with E-state index in [9.17, 15) is 19.7 Å². The van der Waals surface area contributed by atoms with Crippen molar-refractivity contribution in [1.29, 1.82) is 0 Å². The first kappa shape index (κ1) is 24.8. The summed E-state index contributed by atoms with van der Waals surface area (Å²) < 4.78 is 6.92. The molecule has 0 spiro atoms. The molecule has 10 heteroatoms. The third kappa shape index (κ3) is 5.17. The Kier molecular flexibility index (Phi) is 6.96. The van der Waals surface area contributed by atoms with Crippen molar-refractivity contribution < 1.29 is 19.2 Å². The molecule has 3 aromatic rings. The van der Waals surface area contributed by atoms with Crippen molar-refractivity contribution in [2.75, 3.05) is 0 Å². The lowest BCUT2D eigenvalue weighted by atomic mass is 9.97. The fourth-order valence-corrected chi connectivity index (χ4v) is 4.19. The van der Waals surface area contributed by atoms with Gasteiger partial charge < -0.3 is 14.9 Å². The Morgan fingerprint density at radius 1 is 1.14 bits per heavy atom. The Morgan fingerprint density at radius 3 is 2.42 bits per heavy atom. The van der Waals surface area contributed by atoms with Crippen LogP contribution in [0.2, 0.25) is 0 Å². The Balaban J connectivity index is 1.44. The molecule has 4 rings (SSSR count). The van der Waals surface area contributed by atoms with Crippen molar-refractivity contribution in [2.45, 2.75) is 52.8 Å². The molecule has 2 aromatic carbocycles. The van der Waals surface area contributed by atoms with Crippen LogP contribution >= 0.6 is 0 Å². The lowest BCUT2D eigenvalue weighted by Gasteiger charge is -2.20. The third-order valence-corrected chi connectivity index (χ3v) is 6.12. The summed E-state index contributed by atoms with van der Waals surface area (Å²) in [5.41, 5.74) is 4.14. The Labute approximate surface area is 208 Å². The minimum absolute atomic E-state index is 0.112. The van der Waals surface area contributed by atoms with Gasteiger partial charge in [0.25, 0.3) is 0 Å². The Hall–Kier alpha value is -4.34. The van der Waals surface area contributed by atoms with Gasteiger partial charge in [-0.25, -0.2) is 19.4 Å². The second kappa shape index (κ2) is 10.1. The predicted molar refractivity (Wildman–Crippen MR) is 133 cm³/mol. The van der Waals surface area contributed by atoms with E-state index in [-0.39, 0.29) is 24.3 Å². The molecular formula is C26H27N5O5. The average molecular weight is 490 g/mol. The molecule has 10 nitrogen and oxygen atoms in total. The average Bonchev–Trinajstić information content (AvgIpc) is 3.44. The van der Waals surface area contributed by atoms with Crippen LogP contribution in [0.4, 0.5) is 5.82 Å². The first-order valence-electron chi connectivity index (χ1n) is 11.6. The number of imidazole rings is 1. The van der Waals surface area contributed by atoms with Gasteiger partial charge in [0, 0.05) is 20.3 Å². The maximum absolute atomic E-state index is 12.7. The molecule has 1 aliphatic rings. The van der Waals surface area contributed by atoms with Gasteiger partial charge in [0.15, 0.2) is 5.82 Å². The Morgan fingerprint density at radius 2 is 1.81 bits per heavy atom. The van der Waals surface area contributed by atoms with Crippen LogP contribution in [-0.4, -0.2) is 43.2 Å². The van der Waals surface area contributed by atoms with E-state index in [0.717, 1.165) is 22.4 Å². The lowest BCUT2D eigenvalue weighted by Crippen LogP contribution is -2.24. The molecule has 36 heavy (non-hydrogen) atoms. The van der Waals surface area contributed by atoms with Crippen molar-refractivity contribution in [3.8, 4) is 0 Å². The third-order valence-electron chi connectivity index (χ3n) is 6.12. The van der Waals surface area contributed by atoms with Crippen LogP contribution in [0.1, 0.15) is 59.2 Å². The summed E-state index contributed by atoms with van der Waals surface area (Å²) in [6.07, 6.45) is 1.13. The standard InChI is InChI=1S/C26H27N5O5/c1-16-5-7-20(8-6-16)23-13-24(30(28-23)19(4)32)21-9-11-22(12-10-21)26(33)36-17(2)15-29-18(3)27-14-25(29)31(34)35/h5-12,14,17,24H,13,15H2,1-4H3. The number of hydrogen-bond acceptors (Lipinski definition) is 7. The van der Waals surface area contributed by atoms with Crippen LogP contribution in [0.25, 0.3) is 0 Å². The summed E-state index contributed by atoms with van der Waals surface area (Å²) in [6, 6.07) is 14.6. The number of hydrogen-bond donors (Lipinski definition) is 0. The van der Waals surface area contributed by atoms with Crippen molar-refractivity contribution in [3.63, 3.8) is 0 Å². The number of ether oxygens (including phenoxy) is 1. The zero-order valence-corrected chi connectivity index (χ0v) is 20.5. The smallest absolute Gasteiger partial charge is 0.342 e. The monoisotopic (exact) mass is 489 g/mol. The molecule has 0 saturated heterocycles. The highest BCUT2D eigenvalue weighted by Gasteiger charge is 2.31. The van der Waals surface area contributed by atoms with E-state index in [2.05, 4.69) is 10.1 Å². The zero-order chi connectivity index (χ0) is 26.0. The number of aromatic nitrogens is 2. The zero-order valence-electron chi connectivity index (χ0n) is 20.5. The van der Waals surface area contributed by atoms with Gasteiger partial charge in [-0.2, -0.15) is 5.10 Å². The summed E-state index contributed by atoms with van der Waals surface area (Å²) in [5, 5.41) is 17.2. The quantitative estimate of drug-likeness (QED) is 0.276. The second-order valence-corrected chi connectivity index (χ2v) is 8.87. The van der Waals surface area contributed by atoms with Crippen LogP contribution < -0.4 is 0 Å². The van der Waals surface area contributed by atoms with Crippen LogP contribution in [-0.2, 0) is 16.1 Å². The highest BCUT2D eigenvalue weighted by molar-refractivity contribution is 6.03. The summed E-state index contributed by atoms with van der Waals surface area (Å²) >= 11 is 0. The number of aryl methyl sites for hydroxylation is 2. The molecule has 2 unspecified atom stereocenters. The highest BCUT2D eigenvalue weighted by atomic mass is 16.6. The number of amides is 1. The fraction of sp³-hybridized carbons (Fsp3) is 0.308. The van der Waals surface area contributed by atoms with Gasteiger partial charge >= 0.3 is 11.8 Å². The van der Waals surface area contributed by atoms with Crippen molar-refractivity contribution in [3.05, 3.63) is 92.9 Å². The number of nitrogens with zero attached hydrogens (tertiary/aromatic N) is 5. The molecule has 0 aliphatic carbocycles. The van der Waals surface area contributed by atoms with E-state index >= 15 is 0 Å². The highest BCUT2D eigenvalue weighted by Crippen LogP contribution is 2.33. The normalized spacial score (nSPS) is 15.9. The number of benzene rings is 2. The van der Waals surface area contributed by atoms with Gasteiger partial charge in [-0.1, -0.05) is 42.0 Å². The Bertz CT molecular complexity index is 1330. The molecule has 1 aromatic heterocycles. The van der Waals surface area contributed by atoms with Crippen molar-refractivity contribution >= 4 is 23.4 Å². The van der Waals surface area contributed by atoms with Crippen LogP contribution in [0.15, 0.2) is 59.8 Å². The molecule has 0 radical (unpaired) electrons. The molecular weight excluding hydrogens is 462 g/mol. The number of nitro groups is 1. The van der Waals surface area contributed by atoms with Crippen molar-refractivity contribution in [1.82, 2.24) is 14.6 Å².